The van der Waals surface area contributed by atoms with E-state index in [0.717, 1.165) is 0 Å². The number of hydrogen-bond donors (Lipinski definition) is 5. The largest absolute Gasteiger partial charge is 0.481 e. The van der Waals surface area contributed by atoms with Gasteiger partial charge < -0.3 is 25.5 Å². The monoisotopic (exact) mass is 403 g/mol. The zero-order valence-corrected chi connectivity index (χ0v) is 16.8. The molecule has 5 N–H and O–H groups in total. The van der Waals surface area contributed by atoms with Crippen molar-refractivity contribution in [1.82, 2.24) is 15.5 Å². The van der Waals surface area contributed by atoms with Crippen LogP contribution in [-0.2, 0) is 14.4 Å². The summed E-state index contributed by atoms with van der Waals surface area (Å²) in [7, 11) is 3.39. The number of rotatable bonds is 7. The number of amides is 1. The second-order valence-corrected chi connectivity index (χ2v) is 9.11. The van der Waals surface area contributed by atoms with Crippen LogP contribution >= 0.6 is 11.8 Å². The summed E-state index contributed by atoms with van der Waals surface area (Å²) in [5.41, 5.74) is 0. The Morgan fingerprint density at radius 3 is 2.33 bits per heavy atom. The predicted octanol–water partition coefficient (Wildman–Crippen LogP) is -0.950. The molecule has 154 valence electrons. The first-order valence-corrected chi connectivity index (χ1v) is 9.98. The van der Waals surface area contributed by atoms with Crippen molar-refractivity contribution in [2.24, 2.45) is 11.8 Å². The molecule has 2 rings (SSSR count). The van der Waals surface area contributed by atoms with Gasteiger partial charge in [-0.3, -0.25) is 19.7 Å². The van der Waals surface area contributed by atoms with Gasteiger partial charge >= 0.3 is 11.9 Å². The lowest BCUT2D eigenvalue weighted by molar-refractivity contribution is -0.147. The number of hydrogen-bond acceptors (Lipinski definition) is 7. The van der Waals surface area contributed by atoms with E-state index in [0.29, 0.717) is 13.0 Å². The second-order valence-electron chi connectivity index (χ2n) is 7.62. The van der Waals surface area contributed by atoms with Crippen molar-refractivity contribution in [3.8, 4) is 0 Å². The summed E-state index contributed by atoms with van der Waals surface area (Å²) < 4.78 is 0. The third-order valence-electron chi connectivity index (χ3n) is 5.42. The van der Waals surface area contributed by atoms with Gasteiger partial charge in [0.05, 0.1) is 18.1 Å². The molecule has 0 aliphatic carbocycles. The third-order valence-corrected chi connectivity index (χ3v) is 7.18. The topological polar surface area (TPSA) is 139 Å². The normalized spacial score (nSPS) is 35.6. The van der Waals surface area contributed by atoms with E-state index in [4.69, 9.17) is 0 Å². The molecule has 2 heterocycles. The second kappa shape index (κ2) is 8.76. The van der Waals surface area contributed by atoms with Crippen LogP contribution in [0, 0.1) is 11.8 Å². The summed E-state index contributed by atoms with van der Waals surface area (Å²) >= 11 is 1.49. The number of thioether (sulfide) groups is 1. The molecule has 2 saturated heterocycles. The van der Waals surface area contributed by atoms with Gasteiger partial charge in [0.2, 0.25) is 5.91 Å². The first kappa shape index (κ1) is 21.9. The van der Waals surface area contributed by atoms with Crippen LogP contribution in [-0.4, -0.2) is 93.4 Å². The molecule has 2 fully saturated rings. The van der Waals surface area contributed by atoms with Crippen molar-refractivity contribution in [2.75, 3.05) is 20.6 Å². The smallest absolute Gasteiger partial charge is 0.321 e. The third kappa shape index (κ3) is 4.74. The molecule has 10 heteroatoms. The lowest BCUT2D eigenvalue weighted by Gasteiger charge is -2.27. The van der Waals surface area contributed by atoms with Gasteiger partial charge in [-0.15, -0.1) is 0 Å². The minimum absolute atomic E-state index is 0.0107. The van der Waals surface area contributed by atoms with Crippen LogP contribution in [0.1, 0.15) is 20.3 Å². The lowest BCUT2D eigenvalue weighted by Crippen LogP contribution is -2.47. The molecule has 0 bridgehead atoms. The predicted molar refractivity (Wildman–Crippen MR) is 101 cm³/mol. The highest BCUT2D eigenvalue weighted by molar-refractivity contribution is 8.00. The molecular formula is C17H29N3O6S. The zero-order chi connectivity index (χ0) is 20.5. The Morgan fingerprint density at radius 2 is 1.85 bits per heavy atom. The molecule has 1 amide bonds. The molecule has 0 aromatic carbocycles. The van der Waals surface area contributed by atoms with Crippen molar-refractivity contribution < 1.29 is 29.7 Å². The molecular weight excluding hydrogens is 374 g/mol. The number of carbonyl (C=O) groups is 3. The summed E-state index contributed by atoms with van der Waals surface area (Å²) in [6.45, 7) is 3.82. The molecule has 1 unspecified atom stereocenters. The van der Waals surface area contributed by atoms with E-state index in [2.05, 4.69) is 10.6 Å². The van der Waals surface area contributed by atoms with Crippen molar-refractivity contribution in [3.05, 3.63) is 0 Å². The van der Waals surface area contributed by atoms with Gasteiger partial charge in [-0.05, 0) is 19.3 Å². The lowest BCUT2D eigenvalue weighted by atomic mass is 9.87. The summed E-state index contributed by atoms with van der Waals surface area (Å²) in [6, 6.07) is -1.83. The molecule has 27 heavy (non-hydrogen) atoms. The van der Waals surface area contributed by atoms with Crippen molar-refractivity contribution in [3.63, 3.8) is 0 Å². The first-order chi connectivity index (χ1) is 12.5. The van der Waals surface area contributed by atoms with E-state index in [1.807, 2.05) is 6.92 Å². The van der Waals surface area contributed by atoms with E-state index in [1.54, 1.807) is 14.1 Å². The maximum atomic E-state index is 12.1. The fourth-order valence-corrected chi connectivity index (χ4v) is 5.71. The number of aliphatic hydroxyl groups excluding tert-OH is 1. The highest BCUT2D eigenvalue weighted by Gasteiger charge is 2.51. The number of nitrogens with one attached hydrogen (secondary N) is 2. The van der Waals surface area contributed by atoms with Crippen LogP contribution in [0.4, 0.5) is 0 Å². The maximum absolute atomic E-state index is 12.1. The Balaban J connectivity index is 2.11. The first-order valence-electron chi connectivity index (χ1n) is 9.04. The molecule has 0 saturated carbocycles. The van der Waals surface area contributed by atoms with Gasteiger partial charge in [-0.25, -0.2) is 0 Å². The van der Waals surface area contributed by atoms with Crippen molar-refractivity contribution in [2.45, 2.75) is 55.0 Å². The minimum atomic E-state index is -1.15. The Bertz CT molecular complexity index is 587. The maximum Gasteiger partial charge on any atom is 0.321 e. The molecule has 0 aromatic rings. The standard InChI is InChI=1S/C17H29N3O6S/c1-7-12(11(8(2)21)16(23)24)19-13(17(25)26)14(7)27-9-5-10(18-6-9)15(22)20(3)4/h7-14,18-19,21H,5-6H2,1-4H3,(H,23,24)(H,25,26)/t7-,8-,9+,10-,11-,12-,13?,14+/m1/s1. The number of carbonyl (C=O) groups excluding carboxylic acids is 1. The van der Waals surface area contributed by atoms with Gasteiger partial charge in [0, 0.05) is 37.2 Å². The van der Waals surface area contributed by atoms with Gasteiger partial charge in [-0.2, -0.15) is 11.8 Å². The van der Waals surface area contributed by atoms with Crippen molar-refractivity contribution >= 4 is 29.6 Å². The fourth-order valence-electron chi connectivity index (χ4n) is 4.00. The van der Waals surface area contributed by atoms with Gasteiger partial charge in [0.25, 0.3) is 0 Å². The Kier molecular flexibility index (Phi) is 7.12. The van der Waals surface area contributed by atoms with E-state index in [-0.39, 0.29) is 28.4 Å². The summed E-state index contributed by atoms with van der Waals surface area (Å²) in [5, 5.41) is 34.7. The molecule has 0 radical (unpaired) electrons. The quantitative estimate of drug-likeness (QED) is 0.364. The van der Waals surface area contributed by atoms with E-state index in [1.165, 1.54) is 23.6 Å². The number of likely N-dealkylation sites (N-methyl/N-ethyl adjacent to an activating group) is 1. The Morgan fingerprint density at radius 1 is 1.22 bits per heavy atom. The highest BCUT2D eigenvalue weighted by Crippen LogP contribution is 2.39. The van der Waals surface area contributed by atoms with E-state index in [9.17, 15) is 29.7 Å². The highest BCUT2D eigenvalue weighted by atomic mass is 32.2. The minimum Gasteiger partial charge on any atom is -0.481 e. The van der Waals surface area contributed by atoms with Gasteiger partial charge in [0.15, 0.2) is 0 Å². The zero-order valence-electron chi connectivity index (χ0n) is 16.0. The van der Waals surface area contributed by atoms with Crippen LogP contribution in [0.5, 0.6) is 0 Å². The summed E-state index contributed by atoms with van der Waals surface area (Å²) in [4.78, 5) is 37.0. The van der Waals surface area contributed by atoms with E-state index < -0.39 is 36.0 Å². The van der Waals surface area contributed by atoms with Crippen LogP contribution in [0.15, 0.2) is 0 Å². The number of nitrogens with zero attached hydrogens (tertiary/aromatic N) is 1. The molecule has 0 aromatic heterocycles. The Labute approximate surface area is 162 Å². The number of aliphatic carboxylic acids is 2. The molecule has 2 aliphatic rings. The molecule has 8 atom stereocenters. The SMILES string of the molecule is C[C@@H]1[C@H]([C@H](C(=O)O)[C@@H](C)O)NC(C(=O)O)[C@H]1S[C@@H]1CN[C@@H](C(=O)N(C)C)C1. The van der Waals surface area contributed by atoms with Crippen LogP contribution in [0.2, 0.25) is 0 Å². The number of aliphatic hydroxyl groups is 1. The van der Waals surface area contributed by atoms with Crippen LogP contribution in [0.25, 0.3) is 0 Å². The van der Waals surface area contributed by atoms with Gasteiger partial charge in [0.1, 0.15) is 6.04 Å². The summed E-state index contributed by atoms with van der Waals surface area (Å²) in [5.74, 6) is -3.55. The summed E-state index contributed by atoms with van der Waals surface area (Å²) in [6.07, 6.45) is -0.503. The molecule has 2 aliphatic heterocycles. The van der Waals surface area contributed by atoms with Crippen LogP contribution in [0.3, 0.4) is 0 Å². The fraction of sp³-hybridized carbons (Fsp3) is 0.824. The van der Waals surface area contributed by atoms with Crippen molar-refractivity contribution in [1.29, 1.82) is 0 Å². The number of carboxylic acids is 2. The van der Waals surface area contributed by atoms with Gasteiger partial charge in [-0.1, -0.05) is 6.92 Å². The average Bonchev–Trinajstić information content (AvgIpc) is 3.13. The average molecular weight is 404 g/mol. The number of carboxylic acid groups (broad SMARTS) is 2. The van der Waals surface area contributed by atoms with Crippen LogP contribution < -0.4 is 10.6 Å². The Hall–Kier alpha value is -1.36. The molecule has 0 spiro atoms. The van der Waals surface area contributed by atoms with E-state index >= 15 is 0 Å². The molecule has 9 nitrogen and oxygen atoms in total.